The Labute approximate surface area is 120 Å². The minimum atomic E-state index is -0.779. The van der Waals surface area contributed by atoms with E-state index in [4.69, 9.17) is 9.63 Å². The standard InChI is InChI=1S/C15H15FN2O3/c1-8-2-5-11(16)7-12(8)13-17-14(21-18-13)9-3-4-10(6-9)15(19)20/h2,5,7,9-10H,3-4,6H2,1H3,(H,19,20). The molecule has 110 valence electrons. The number of halogens is 1. The van der Waals surface area contributed by atoms with Gasteiger partial charge in [0.15, 0.2) is 0 Å². The van der Waals surface area contributed by atoms with Gasteiger partial charge in [0.05, 0.1) is 5.92 Å². The van der Waals surface area contributed by atoms with E-state index in [9.17, 15) is 9.18 Å². The molecule has 1 heterocycles. The lowest BCUT2D eigenvalue weighted by Crippen LogP contribution is -2.09. The molecule has 1 aromatic carbocycles. The van der Waals surface area contributed by atoms with E-state index in [0.29, 0.717) is 30.1 Å². The summed E-state index contributed by atoms with van der Waals surface area (Å²) in [5.74, 6) is -0.715. The molecule has 5 nitrogen and oxygen atoms in total. The molecule has 0 aliphatic heterocycles. The summed E-state index contributed by atoms with van der Waals surface area (Å²) in [4.78, 5) is 15.3. The van der Waals surface area contributed by atoms with Crippen LogP contribution in [0.15, 0.2) is 22.7 Å². The van der Waals surface area contributed by atoms with Gasteiger partial charge in [-0.05, 0) is 43.9 Å². The first-order valence-electron chi connectivity index (χ1n) is 6.87. The Bertz CT molecular complexity index is 683. The van der Waals surface area contributed by atoms with Crippen LogP contribution in [0.1, 0.15) is 36.6 Å². The van der Waals surface area contributed by atoms with Crippen LogP contribution in [0.5, 0.6) is 0 Å². The third-order valence-electron chi connectivity index (χ3n) is 4.01. The van der Waals surface area contributed by atoms with Gasteiger partial charge in [0, 0.05) is 11.5 Å². The minimum Gasteiger partial charge on any atom is -0.481 e. The van der Waals surface area contributed by atoms with Gasteiger partial charge in [-0.15, -0.1) is 0 Å². The molecule has 1 N–H and O–H groups in total. The second-order valence-corrected chi connectivity index (χ2v) is 5.46. The molecule has 1 saturated carbocycles. The number of hydrogen-bond donors (Lipinski definition) is 1. The molecule has 0 radical (unpaired) electrons. The van der Waals surface area contributed by atoms with Crippen LogP contribution in [0.25, 0.3) is 11.4 Å². The van der Waals surface area contributed by atoms with Gasteiger partial charge in [-0.2, -0.15) is 4.98 Å². The molecule has 1 fully saturated rings. The van der Waals surface area contributed by atoms with Gasteiger partial charge in [0.25, 0.3) is 0 Å². The van der Waals surface area contributed by atoms with Crippen LogP contribution < -0.4 is 0 Å². The SMILES string of the molecule is Cc1ccc(F)cc1-c1noc(C2CCC(C(=O)O)C2)n1. The zero-order valence-corrected chi connectivity index (χ0v) is 11.5. The van der Waals surface area contributed by atoms with E-state index in [1.807, 2.05) is 6.92 Å². The number of rotatable bonds is 3. The first-order chi connectivity index (χ1) is 10.0. The van der Waals surface area contributed by atoms with Crippen molar-refractivity contribution in [2.45, 2.75) is 32.1 Å². The second kappa shape index (κ2) is 5.27. The fourth-order valence-corrected chi connectivity index (χ4v) is 2.78. The third-order valence-corrected chi connectivity index (χ3v) is 4.01. The predicted octanol–water partition coefficient (Wildman–Crippen LogP) is 3.15. The molecule has 1 aromatic heterocycles. The number of aliphatic carboxylic acids is 1. The van der Waals surface area contributed by atoms with Crippen LogP contribution in [0, 0.1) is 18.7 Å². The fraction of sp³-hybridized carbons (Fsp3) is 0.400. The Kier molecular flexibility index (Phi) is 3.45. The average Bonchev–Trinajstić information content (AvgIpc) is 3.09. The highest BCUT2D eigenvalue weighted by molar-refractivity contribution is 5.70. The Morgan fingerprint density at radius 1 is 1.43 bits per heavy atom. The largest absolute Gasteiger partial charge is 0.481 e. The van der Waals surface area contributed by atoms with Crippen LogP contribution in [0.4, 0.5) is 4.39 Å². The van der Waals surface area contributed by atoms with Gasteiger partial charge in [-0.25, -0.2) is 4.39 Å². The van der Waals surface area contributed by atoms with Crippen LogP contribution in [-0.2, 0) is 4.79 Å². The Balaban J connectivity index is 1.84. The van der Waals surface area contributed by atoms with Gasteiger partial charge in [-0.1, -0.05) is 11.2 Å². The Hall–Kier alpha value is -2.24. The maximum Gasteiger partial charge on any atom is 0.306 e. The summed E-state index contributed by atoms with van der Waals surface area (Å²) < 4.78 is 18.6. The Morgan fingerprint density at radius 2 is 2.24 bits per heavy atom. The Morgan fingerprint density at radius 3 is 2.95 bits per heavy atom. The van der Waals surface area contributed by atoms with E-state index in [0.717, 1.165) is 12.0 Å². The normalized spacial score (nSPS) is 21.6. The number of carboxylic acids is 1. The zero-order chi connectivity index (χ0) is 15.0. The van der Waals surface area contributed by atoms with E-state index >= 15 is 0 Å². The molecule has 21 heavy (non-hydrogen) atoms. The fourth-order valence-electron chi connectivity index (χ4n) is 2.78. The quantitative estimate of drug-likeness (QED) is 0.939. The summed E-state index contributed by atoms with van der Waals surface area (Å²) in [6.45, 7) is 1.85. The van der Waals surface area contributed by atoms with Crippen molar-refractivity contribution in [3.8, 4) is 11.4 Å². The van der Waals surface area contributed by atoms with Gasteiger partial charge < -0.3 is 9.63 Å². The third kappa shape index (κ3) is 2.66. The van der Waals surface area contributed by atoms with E-state index in [1.54, 1.807) is 6.07 Å². The highest BCUT2D eigenvalue weighted by Gasteiger charge is 2.33. The average molecular weight is 290 g/mol. The molecule has 0 spiro atoms. The van der Waals surface area contributed by atoms with Crippen molar-refractivity contribution in [3.63, 3.8) is 0 Å². The topological polar surface area (TPSA) is 76.2 Å². The van der Waals surface area contributed by atoms with Crippen molar-refractivity contribution in [1.29, 1.82) is 0 Å². The van der Waals surface area contributed by atoms with Crippen LogP contribution in [0.3, 0.4) is 0 Å². The molecule has 6 heteroatoms. The summed E-state index contributed by atoms with van der Waals surface area (Å²) >= 11 is 0. The van der Waals surface area contributed by atoms with Gasteiger partial charge in [0.2, 0.25) is 11.7 Å². The van der Waals surface area contributed by atoms with Crippen LogP contribution >= 0.6 is 0 Å². The molecule has 0 saturated heterocycles. The van der Waals surface area contributed by atoms with Crippen molar-refractivity contribution in [2.24, 2.45) is 5.92 Å². The van der Waals surface area contributed by atoms with Crippen molar-refractivity contribution in [1.82, 2.24) is 10.1 Å². The van der Waals surface area contributed by atoms with Gasteiger partial charge in [0.1, 0.15) is 5.82 Å². The zero-order valence-electron chi connectivity index (χ0n) is 11.5. The van der Waals surface area contributed by atoms with Gasteiger partial charge in [-0.3, -0.25) is 4.79 Å². The lowest BCUT2D eigenvalue weighted by molar-refractivity contribution is -0.141. The molecule has 2 aromatic rings. The lowest BCUT2D eigenvalue weighted by Gasteiger charge is -2.03. The molecule has 0 amide bonds. The molecule has 1 aliphatic carbocycles. The summed E-state index contributed by atoms with van der Waals surface area (Å²) in [6, 6.07) is 4.42. The summed E-state index contributed by atoms with van der Waals surface area (Å²) in [6.07, 6.45) is 1.86. The molecular formula is C15H15FN2O3. The lowest BCUT2D eigenvalue weighted by atomic mass is 10.1. The minimum absolute atomic E-state index is 0.0267. The predicted molar refractivity (Wildman–Crippen MR) is 72.1 cm³/mol. The molecule has 2 unspecified atom stereocenters. The number of aromatic nitrogens is 2. The maximum absolute atomic E-state index is 13.3. The van der Waals surface area contributed by atoms with Gasteiger partial charge >= 0.3 is 5.97 Å². The first-order valence-corrected chi connectivity index (χ1v) is 6.87. The molecule has 1 aliphatic rings. The van der Waals surface area contributed by atoms with E-state index < -0.39 is 5.97 Å². The monoisotopic (exact) mass is 290 g/mol. The molecule has 0 bridgehead atoms. The number of carboxylic acid groups (broad SMARTS) is 1. The van der Waals surface area contributed by atoms with Crippen molar-refractivity contribution in [3.05, 3.63) is 35.5 Å². The number of carbonyl (C=O) groups is 1. The summed E-state index contributed by atoms with van der Waals surface area (Å²) in [7, 11) is 0. The maximum atomic E-state index is 13.3. The van der Waals surface area contributed by atoms with E-state index in [2.05, 4.69) is 10.1 Å². The van der Waals surface area contributed by atoms with E-state index in [-0.39, 0.29) is 17.7 Å². The van der Waals surface area contributed by atoms with E-state index in [1.165, 1.54) is 12.1 Å². The highest BCUT2D eigenvalue weighted by Crippen LogP contribution is 2.38. The smallest absolute Gasteiger partial charge is 0.306 e. The molecular weight excluding hydrogens is 275 g/mol. The van der Waals surface area contributed by atoms with Crippen molar-refractivity contribution < 1.29 is 18.8 Å². The number of hydrogen-bond acceptors (Lipinski definition) is 4. The number of aryl methyl sites for hydroxylation is 1. The van der Waals surface area contributed by atoms with Crippen molar-refractivity contribution >= 4 is 5.97 Å². The summed E-state index contributed by atoms with van der Waals surface area (Å²) in [5, 5.41) is 12.9. The number of nitrogens with zero attached hydrogens (tertiary/aromatic N) is 2. The van der Waals surface area contributed by atoms with Crippen molar-refractivity contribution in [2.75, 3.05) is 0 Å². The second-order valence-electron chi connectivity index (χ2n) is 5.46. The number of benzene rings is 1. The van der Waals surface area contributed by atoms with Crippen LogP contribution in [-0.4, -0.2) is 21.2 Å². The molecule has 2 atom stereocenters. The highest BCUT2D eigenvalue weighted by atomic mass is 19.1. The van der Waals surface area contributed by atoms with Crippen LogP contribution in [0.2, 0.25) is 0 Å². The summed E-state index contributed by atoms with van der Waals surface area (Å²) in [5.41, 5.74) is 1.45. The first kappa shape index (κ1) is 13.7. The molecule has 3 rings (SSSR count).